The Hall–Kier alpha value is -2.08. The van der Waals surface area contributed by atoms with Crippen molar-refractivity contribution in [1.29, 1.82) is 0 Å². The summed E-state index contributed by atoms with van der Waals surface area (Å²) in [6, 6.07) is 8.17. The summed E-state index contributed by atoms with van der Waals surface area (Å²) in [6.45, 7) is 4.47. The summed E-state index contributed by atoms with van der Waals surface area (Å²) < 4.78 is 6.88. The third-order valence-corrected chi connectivity index (χ3v) is 4.54. The molecule has 0 spiro atoms. The highest BCUT2D eigenvalue weighted by atomic mass is 32.2. The van der Waals surface area contributed by atoms with Crippen molar-refractivity contribution >= 4 is 22.7 Å². The molecule has 0 aliphatic carbocycles. The number of fused-ring (bicyclic) bond motifs is 1. The van der Waals surface area contributed by atoms with Crippen LogP contribution in [0.15, 0.2) is 38.5 Å². The molecule has 3 aromatic rings. The van der Waals surface area contributed by atoms with Gasteiger partial charge in [0, 0.05) is 23.4 Å². The molecule has 1 aromatic carbocycles. The van der Waals surface area contributed by atoms with Crippen molar-refractivity contribution in [2.45, 2.75) is 38.1 Å². The summed E-state index contributed by atoms with van der Waals surface area (Å²) >= 11 is 1.69. The lowest BCUT2D eigenvalue weighted by Crippen LogP contribution is -2.23. The molecule has 5 nitrogen and oxygen atoms in total. The fourth-order valence-corrected chi connectivity index (χ4v) is 3.02. The van der Waals surface area contributed by atoms with Crippen molar-refractivity contribution in [3.63, 3.8) is 0 Å². The van der Waals surface area contributed by atoms with Gasteiger partial charge in [0.1, 0.15) is 11.5 Å². The first-order valence-corrected chi connectivity index (χ1v) is 8.95. The first kappa shape index (κ1) is 15.8. The van der Waals surface area contributed by atoms with Crippen LogP contribution in [-0.2, 0) is 13.0 Å². The van der Waals surface area contributed by atoms with Crippen LogP contribution < -0.4 is 5.56 Å². The van der Waals surface area contributed by atoms with E-state index in [1.54, 1.807) is 11.8 Å². The maximum absolute atomic E-state index is 12.4. The molecule has 0 bridgehead atoms. The highest BCUT2D eigenvalue weighted by Gasteiger charge is 2.19. The van der Waals surface area contributed by atoms with E-state index in [0.717, 1.165) is 35.2 Å². The van der Waals surface area contributed by atoms with Crippen LogP contribution >= 0.6 is 11.8 Å². The molecule has 0 N–H and O–H groups in total. The summed E-state index contributed by atoms with van der Waals surface area (Å²) in [7, 11) is 0. The Labute approximate surface area is 138 Å². The highest BCUT2D eigenvalue weighted by Crippen LogP contribution is 2.29. The second-order valence-electron chi connectivity index (χ2n) is 5.28. The van der Waals surface area contributed by atoms with Crippen molar-refractivity contribution in [3.8, 4) is 11.3 Å². The Bertz CT molecular complexity index is 881. The zero-order valence-electron chi connectivity index (χ0n) is 13.5. The molecule has 0 amide bonds. The third-order valence-electron chi connectivity index (χ3n) is 3.80. The standard InChI is InChI=1S/C17H19N3O2S/c1-4-6-13-14-15(11-7-9-12(23-3)10-8-11)18-20(5-2)17(21)16(14)19-22-13/h7-10H,4-6H2,1-3H3. The molecule has 120 valence electrons. The van der Waals surface area contributed by atoms with Crippen LogP contribution in [0.3, 0.4) is 0 Å². The minimum absolute atomic E-state index is 0.196. The van der Waals surface area contributed by atoms with Crippen LogP contribution in [-0.4, -0.2) is 21.2 Å². The number of hydrogen-bond donors (Lipinski definition) is 0. The number of thioether (sulfide) groups is 1. The topological polar surface area (TPSA) is 60.9 Å². The molecule has 0 aliphatic rings. The SMILES string of the molecule is CCCc1onc2c(=O)n(CC)nc(-c3ccc(SC)cc3)c12. The molecule has 3 rings (SSSR count). The van der Waals surface area contributed by atoms with Gasteiger partial charge in [0.05, 0.1) is 5.39 Å². The highest BCUT2D eigenvalue weighted by molar-refractivity contribution is 7.98. The van der Waals surface area contributed by atoms with Crippen LogP contribution in [0.4, 0.5) is 0 Å². The minimum Gasteiger partial charge on any atom is -0.360 e. The van der Waals surface area contributed by atoms with Crippen molar-refractivity contribution < 1.29 is 4.52 Å². The molecular weight excluding hydrogens is 310 g/mol. The van der Waals surface area contributed by atoms with Gasteiger partial charge in [-0.2, -0.15) is 5.10 Å². The van der Waals surface area contributed by atoms with E-state index in [2.05, 4.69) is 29.3 Å². The molecule has 6 heteroatoms. The molecule has 0 unspecified atom stereocenters. The van der Waals surface area contributed by atoms with Crippen LogP contribution in [0.25, 0.3) is 22.2 Å². The molecule has 0 saturated carbocycles. The monoisotopic (exact) mass is 329 g/mol. The molecule has 0 atom stereocenters. The van der Waals surface area contributed by atoms with E-state index in [0.29, 0.717) is 12.1 Å². The largest absolute Gasteiger partial charge is 0.360 e. The van der Waals surface area contributed by atoms with E-state index >= 15 is 0 Å². The van der Waals surface area contributed by atoms with Gasteiger partial charge >= 0.3 is 0 Å². The lowest BCUT2D eigenvalue weighted by atomic mass is 10.1. The second-order valence-corrected chi connectivity index (χ2v) is 6.16. The number of aryl methyl sites for hydroxylation is 2. The normalized spacial score (nSPS) is 11.3. The van der Waals surface area contributed by atoms with Gasteiger partial charge in [-0.05, 0) is 31.7 Å². The van der Waals surface area contributed by atoms with Crippen molar-refractivity contribution in [2.24, 2.45) is 0 Å². The lowest BCUT2D eigenvalue weighted by Gasteiger charge is -2.08. The van der Waals surface area contributed by atoms with Gasteiger partial charge in [0.15, 0.2) is 5.52 Å². The Kier molecular flexibility index (Phi) is 4.52. The van der Waals surface area contributed by atoms with E-state index in [9.17, 15) is 4.79 Å². The summed E-state index contributed by atoms with van der Waals surface area (Å²) in [5, 5.41) is 9.32. The van der Waals surface area contributed by atoms with Crippen LogP contribution in [0, 0.1) is 0 Å². The number of benzene rings is 1. The molecular formula is C17H19N3O2S. The summed E-state index contributed by atoms with van der Waals surface area (Å²) in [5.41, 5.74) is 1.90. The van der Waals surface area contributed by atoms with Gasteiger partial charge in [-0.25, -0.2) is 4.68 Å². The van der Waals surface area contributed by atoms with Gasteiger partial charge < -0.3 is 4.52 Å². The molecule has 0 saturated heterocycles. The quantitative estimate of drug-likeness (QED) is 0.667. The van der Waals surface area contributed by atoms with Crippen LogP contribution in [0.1, 0.15) is 26.0 Å². The Morgan fingerprint density at radius 2 is 1.96 bits per heavy atom. The zero-order valence-corrected chi connectivity index (χ0v) is 14.3. The number of hydrogen-bond acceptors (Lipinski definition) is 5. The maximum Gasteiger partial charge on any atom is 0.296 e. The first-order chi connectivity index (χ1) is 11.2. The maximum atomic E-state index is 12.4. The van der Waals surface area contributed by atoms with E-state index in [-0.39, 0.29) is 5.56 Å². The van der Waals surface area contributed by atoms with Gasteiger partial charge in [-0.15, -0.1) is 11.8 Å². The summed E-state index contributed by atoms with van der Waals surface area (Å²) in [5.74, 6) is 0.735. The molecule has 0 fully saturated rings. The lowest BCUT2D eigenvalue weighted by molar-refractivity contribution is 0.389. The van der Waals surface area contributed by atoms with Crippen molar-refractivity contribution in [1.82, 2.24) is 14.9 Å². The smallest absolute Gasteiger partial charge is 0.296 e. The van der Waals surface area contributed by atoms with Crippen molar-refractivity contribution in [2.75, 3.05) is 6.26 Å². The molecule has 23 heavy (non-hydrogen) atoms. The molecule has 0 radical (unpaired) electrons. The van der Waals surface area contributed by atoms with E-state index in [1.807, 2.05) is 25.3 Å². The van der Waals surface area contributed by atoms with E-state index in [1.165, 1.54) is 9.58 Å². The predicted molar refractivity (Wildman–Crippen MR) is 93.0 cm³/mol. The van der Waals surface area contributed by atoms with E-state index < -0.39 is 0 Å². The van der Waals surface area contributed by atoms with Crippen molar-refractivity contribution in [3.05, 3.63) is 40.4 Å². The van der Waals surface area contributed by atoms with E-state index in [4.69, 9.17) is 4.52 Å². The van der Waals surface area contributed by atoms with Crippen LogP contribution in [0.2, 0.25) is 0 Å². The fourth-order valence-electron chi connectivity index (χ4n) is 2.62. The number of rotatable bonds is 5. The zero-order chi connectivity index (χ0) is 16.4. The molecule has 0 aliphatic heterocycles. The summed E-state index contributed by atoms with van der Waals surface area (Å²) in [6.07, 6.45) is 3.71. The van der Waals surface area contributed by atoms with Gasteiger partial charge in [-0.1, -0.05) is 24.2 Å². The van der Waals surface area contributed by atoms with Crippen LogP contribution in [0.5, 0.6) is 0 Å². The first-order valence-electron chi connectivity index (χ1n) is 7.73. The second kappa shape index (κ2) is 6.58. The van der Waals surface area contributed by atoms with Gasteiger partial charge in [-0.3, -0.25) is 4.79 Å². The predicted octanol–water partition coefficient (Wildman–Crippen LogP) is 3.75. The average molecular weight is 329 g/mol. The van der Waals surface area contributed by atoms with Gasteiger partial charge in [0.25, 0.3) is 5.56 Å². The van der Waals surface area contributed by atoms with Gasteiger partial charge in [0.2, 0.25) is 0 Å². The Morgan fingerprint density at radius 1 is 1.22 bits per heavy atom. The number of nitrogens with zero attached hydrogens (tertiary/aromatic N) is 3. The minimum atomic E-state index is -0.196. The third kappa shape index (κ3) is 2.79. The molecule has 2 heterocycles. The number of aromatic nitrogens is 3. The Balaban J connectivity index is 2.30. The molecule has 2 aromatic heterocycles. The average Bonchev–Trinajstić information content (AvgIpc) is 3.00. The fraction of sp³-hybridized carbons (Fsp3) is 0.353. The summed E-state index contributed by atoms with van der Waals surface area (Å²) in [4.78, 5) is 13.6. The Morgan fingerprint density at radius 3 is 2.57 bits per heavy atom.